The van der Waals surface area contributed by atoms with E-state index in [0.29, 0.717) is 16.9 Å². The third kappa shape index (κ3) is 7.27. The van der Waals surface area contributed by atoms with Crippen LogP contribution < -0.4 is 5.32 Å². The van der Waals surface area contributed by atoms with E-state index in [1.54, 1.807) is 31.8 Å². The van der Waals surface area contributed by atoms with E-state index in [0.717, 1.165) is 46.6 Å². The lowest BCUT2D eigenvalue weighted by atomic mass is 9.41. The Morgan fingerprint density at radius 2 is 1.60 bits per heavy atom. The van der Waals surface area contributed by atoms with Gasteiger partial charge in [0.2, 0.25) is 0 Å². The van der Waals surface area contributed by atoms with Crippen molar-refractivity contribution in [2.45, 2.75) is 132 Å². The van der Waals surface area contributed by atoms with E-state index >= 15 is 0 Å². The lowest BCUT2D eigenvalue weighted by molar-refractivity contribution is -0.145. The SMILES string of the molecule is C#Cc1ccc(C=C)cc1.CC.CC.CCC12CCC3C(CCC4(C)CC(C)CCC34)C1CCCC2C(C)NC. The molecule has 0 spiro atoms. The second-order valence-corrected chi connectivity index (χ2v) is 13.3. The summed E-state index contributed by atoms with van der Waals surface area (Å²) in [5, 5.41) is 3.65. The number of fused-ring (bicyclic) bond motifs is 5. The van der Waals surface area contributed by atoms with Crippen molar-refractivity contribution in [3.63, 3.8) is 0 Å². The van der Waals surface area contributed by atoms with Crippen molar-refractivity contribution in [2.75, 3.05) is 7.05 Å². The highest BCUT2D eigenvalue weighted by Gasteiger charge is 2.59. The van der Waals surface area contributed by atoms with Gasteiger partial charge < -0.3 is 5.32 Å². The van der Waals surface area contributed by atoms with Crippen LogP contribution in [-0.4, -0.2) is 13.1 Å². The molecule has 4 aliphatic carbocycles. The van der Waals surface area contributed by atoms with Gasteiger partial charge in [0.05, 0.1) is 0 Å². The molecule has 1 heteroatoms. The summed E-state index contributed by atoms with van der Waals surface area (Å²) >= 11 is 0. The number of hydrogen-bond acceptors (Lipinski definition) is 1. The Bertz CT molecular complexity index is 908. The van der Waals surface area contributed by atoms with E-state index in [2.05, 4.69) is 52.6 Å². The van der Waals surface area contributed by atoms with Crippen LogP contribution in [-0.2, 0) is 0 Å². The van der Waals surface area contributed by atoms with Crippen molar-refractivity contribution in [1.29, 1.82) is 0 Å². The molecule has 40 heavy (non-hydrogen) atoms. The molecule has 226 valence electrons. The second-order valence-electron chi connectivity index (χ2n) is 13.3. The minimum Gasteiger partial charge on any atom is -0.317 e. The van der Waals surface area contributed by atoms with Crippen LogP contribution in [0.3, 0.4) is 0 Å². The van der Waals surface area contributed by atoms with Crippen LogP contribution in [0.2, 0.25) is 0 Å². The van der Waals surface area contributed by atoms with Gasteiger partial charge in [0, 0.05) is 11.6 Å². The van der Waals surface area contributed by atoms with E-state index in [4.69, 9.17) is 6.42 Å². The molecule has 0 aromatic heterocycles. The molecule has 1 N–H and O–H groups in total. The predicted octanol–water partition coefficient (Wildman–Crippen LogP) is 11.0. The Labute approximate surface area is 250 Å². The van der Waals surface area contributed by atoms with Crippen molar-refractivity contribution >= 4 is 6.08 Å². The number of benzene rings is 1. The Morgan fingerprint density at radius 1 is 0.975 bits per heavy atom. The number of nitrogens with one attached hydrogen (secondary N) is 1. The van der Waals surface area contributed by atoms with Crippen LogP contribution >= 0.6 is 0 Å². The standard InChI is InChI=1S/C25H45N.C10H8.2C2H6/c1-6-25-15-13-19-20(23(25)9-7-8-21(25)18(3)26-5)12-14-24(4)16-17(2)10-11-22(19)24;1-3-9-5-7-10(4-2)8-6-9;2*1-2/h17-23,26H,6-16H2,1-5H3;1,4-8H,2H2;2*1-2H3. The molecule has 9 atom stereocenters. The first-order valence-electron chi connectivity index (χ1n) is 17.2. The molecule has 5 rings (SSSR count). The maximum absolute atomic E-state index is 5.17. The highest BCUT2D eigenvalue weighted by molar-refractivity contribution is 5.49. The van der Waals surface area contributed by atoms with Crippen LogP contribution in [0.4, 0.5) is 0 Å². The molecule has 9 unspecified atom stereocenters. The molecule has 0 aliphatic heterocycles. The van der Waals surface area contributed by atoms with Crippen molar-refractivity contribution in [3.05, 3.63) is 42.0 Å². The largest absolute Gasteiger partial charge is 0.317 e. The first kappa shape index (κ1) is 34.7. The summed E-state index contributed by atoms with van der Waals surface area (Å²) in [5.41, 5.74) is 3.33. The first-order valence-corrected chi connectivity index (χ1v) is 17.2. The van der Waals surface area contributed by atoms with Gasteiger partial charge in [0.15, 0.2) is 0 Å². The maximum Gasteiger partial charge on any atom is 0.0243 e. The van der Waals surface area contributed by atoms with E-state index in [1.807, 2.05) is 52.0 Å². The molecule has 4 saturated carbocycles. The Balaban J connectivity index is 0.000000336. The van der Waals surface area contributed by atoms with Crippen LogP contribution in [0.5, 0.6) is 0 Å². The van der Waals surface area contributed by atoms with Crippen LogP contribution in [0.25, 0.3) is 6.08 Å². The van der Waals surface area contributed by atoms with Crippen molar-refractivity contribution in [3.8, 4) is 12.3 Å². The quantitative estimate of drug-likeness (QED) is 0.370. The molecule has 1 aromatic rings. The fourth-order valence-electron chi connectivity index (χ4n) is 10.0. The summed E-state index contributed by atoms with van der Waals surface area (Å²) in [5.74, 6) is 8.64. The highest BCUT2D eigenvalue weighted by Crippen LogP contribution is 2.67. The molecule has 0 heterocycles. The second kappa shape index (κ2) is 16.2. The van der Waals surface area contributed by atoms with Gasteiger partial charge in [0.1, 0.15) is 0 Å². The number of hydrogen-bond donors (Lipinski definition) is 1. The molecule has 1 aromatic carbocycles. The van der Waals surface area contributed by atoms with Gasteiger partial charge >= 0.3 is 0 Å². The molecule has 4 fully saturated rings. The lowest BCUT2D eigenvalue weighted by Gasteiger charge is -2.64. The molecule has 0 bridgehead atoms. The Kier molecular flexibility index (Phi) is 14.0. The van der Waals surface area contributed by atoms with Gasteiger partial charge in [-0.3, -0.25) is 0 Å². The van der Waals surface area contributed by atoms with E-state index in [9.17, 15) is 0 Å². The molecular formula is C39H65N. The molecular weight excluding hydrogens is 482 g/mol. The predicted molar refractivity (Wildman–Crippen MR) is 179 cm³/mol. The van der Waals surface area contributed by atoms with Gasteiger partial charge in [-0.2, -0.15) is 0 Å². The fourth-order valence-corrected chi connectivity index (χ4v) is 10.0. The summed E-state index contributed by atoms with van der Waals surface area (Å²) in [6.45, 7) is 21.8. The van der Waals surface area contributed by atoms with Crippen LogP contribution in [0.1, 0.15) is 137 Å². The monoisotopic (exact) mass is 548 g/mol. The molecule has 0 saturated heterocycles. The van der Waals surface area contributed by atoms with Gasteiger partial charge in [0.25, 0.3) is 0 Å². The average molecular weight is 548 g/mol. The third-order valence-corrected chi connectivity index (χ3v) is 11.8. The molecule has 0 radical (unpaired) electrons. The number of rotatable bonds is 4. The van der Waals surface area contributed by atoms with Gasteiger partial charge in [-0.05, 0) is 136 Å². The number of terminal acetylenes is 1. The molecule has 0 amide bonds. The van der Waals surface area contributed by atoms with Crippen LogP contribution in [0, 0.1) is 58.7 Å². The van der Waals surface area contributed by atoms with Gasteiger partial charge in [-0.15, -0.1) is 6.42 Å². The zero-order chi connectivity index (χ0) is 29.9. The highest BCUT2D eigenvalue weighted by atomic mass is 14.9. The first-order chi connectivity index (χ1) is 19.3. The van der Waals surface area contributed by atoms with Gasteiger partial charge in [-0.1, -0.05) is 92.0 Å². The average Bonchev–Trinajstić information content (AvgIpc) is 3.01. The summed E-state index contributed by atoms with van der Waals surface area (Å²) in [4.78, 5) is 0. The zero-order valence-corrected chi connectivity index (χ0v) is 28.0. The summed E-state index contributed by atoms with van der Waals surface area (Å²) in [6.07, 6.45) is 23.6. The maximum atomic E-state index is 5.17. The summed E-state index contributed by atoms with van der Waals surface area (Å²) in [6, 6.07) is 8.39. The summed E-state index contributed by atoms with van der Waals surface area (Å²) in [7, 11) is 2.19. The normalized spacial score (nSPS) is 36.5. The minimum absolute atomic E-state index is 0.650. The molecule has 4 aliphatic rings. The van der Waals surface area contributed by atoms with E-state index in [-0.39, 0.29) is 0 Å². The van der Waals surface area contributed by atoms with Crippen molar-refractivity contribution < 1.29 is 0 Å². The van der Waals surface area contributed by atoms with Crippen LogP contribution in [0.15, 0.2) is 30.8 Å². The van der Waals surface area contributed by atoms with Gasteiger partial charge in [-0.25, -0.2) is 0 Å². The van der Waals surface area contributed by atoms with Crippen molar-refractivity contribution in [2.24, 2.45) is 46.3 Å². The lowest BCUT2D eigenvalue weighted by Crippen LogP contribution is -2.58. The van der Waals surface area contributed by atoms with E-state index in [1.165, 1.54) is 44.9 Å². The topological polar surface area (TPSA) is 12.0 Å². The Morgan fingerprint density at radius 3 is 2.17 bits per heavy atom. The minimum atomic E-state index is 0.650. The summed E-state index contributed by atoms with van der Waals surface area (Å²) < 4.78 is 0. The fraction of sp³-hybridized carbons (Fsp3) is 0.744. The zero-order valence-electron chi connectivity index (χ0n) is 28.0. The third-order valence-electron chi connectivity index (χ3n) is 11.8. The smallest absolute Gasteiger partial charge is 0.0243 e. The van der Waals surface area contributed by atoms with E-state index < -0.39 is 0 Å². The molecule has 1 nitrogen and oxygen atoms in total. The van der Waals surface area contributed by atoms with Crippen molar-refractivity contribution in [1.82, 2.24) is 5.32 Å². The Hall–Kier alpha value is -1.52.